The molecule has 6 nitrogen and oxygen atoms in total. The smallest absolute Gasteiger partial charge is 0.219 e. The van der Waals surface area contributed by atoms with Crippen LogP contribution in [0.5, 0.6) is 0 Å². The van der Waals surface area contributed by atoms with Crippen molar-refractivity contribution in [2.45, 2.75) is 0 Å². The number of nitro groups is 1. The van der Waals surface area contributed by atoms with Gasteiger partial charge in [-0.3, -0.25) is 4.55 Å². The van der Waals surface area contributed by atoms with Gasteiger partial charge in [-0.25, -0.2) is 14.3 Å². The number of nitrogens with zero attached hydrogens (tertiary/aromatic N) is 1. The maximum Gasteiger partial charge on any atom is 0.219 e. The van der Waals surface area contributed by atoms with Crippen LogP contribution in [0.1, 0.15) is 5.56 Å². The van der Waals surface area contributed by atoms with Gasteiger partial charge in [-0.2, -0.15) is 0 Å². The molecule has 0 heterocycles. The lowest BCUT2D eigenvalue weighted by molar-refractivity contribution is -0.519. The van der Waals surface area contributed by atoms with Crippen LogP contribution in [-0.2, 0) is 9.99 Å². The highest BCUT2D eigenvalue weighted by Crippen LogP contribution is 1.95. The van der Waals surface area contributed by atoms with Gasteiger partial charge < -0.3 is 0 Å². The van der Waals surface area contributed by atoms with Gasteiger partial charge in [0.25, 0.3) is 0 Å². The molecular formula is C7H8N2O4S. The van der Waals surface area contributed by atoms with Crippen molar-refractivity contribution in [1.29, 1.82) is 0 Å². The first kappa shape index (κ1) is 10.5. The largest absolute Gasteiger partial charge is 0.295 e. The van der Waals surface area contributed by atoms with Gasteiger partial charge in [0, 0.05) is 5.37 Å². The van der Waals surface area contributed by atoms with Gasteiger partial charge in [-0.1, -0.05) is 30.3 Å². The van der Waals surface area contributed by atoms with Crippen molar-refractivity contribution in [2.24, 2.45) is 0 Å². The third-order valence-corrected chi connectivity index (χ3v) is 2.30. The maximum atomic E-state index is 11.1. The van der Waals surface area contributed by atoms with Crippen molar-refractivity contribution in [2.75, 3.05) is 0 Å². The Balaban J connectivity index is 2.98. The van der Waals surface area contributed by atoms with E-state index in [2.05, 4.69) is 0 Å². The van der Waals surface area contributed by atoms with Crippen molar-refractivity contribution in [3.63, 3.8) is 0 Å². The lowest BCUT2D eigenvalue weighted by atomic mass is 10.2. The Morgan fingerprint density at radius 2 is 2.00 bits per heavy atom. The van der Waals surface area contributed by atoms with E-state index in [1.165, 1.54) is 4.83 Å². The van der Waals surface area contributed by atoms with Gasteiger partial charge in [-0.05, 0) is 10.4 Å². The molecule has 0 aliphatic heterocycles. The Morgan fingerprint density at radius 1 is 1.43 bits per heavy atom. The van der Waals surface area contributed by atoms with Crippen molar-refractivity contribution >= 4 is 15.4 Å². The predicted octanol–water partition coefficient (Wildman–Crippen LogP) is 0.291. The predicted molar refractivity (Wildman–Crippen MR) is 52.5 cm³/mol. The average Bonchev–Trinajstić information content (AvgIpc) is 2.02. The second-order valence-electron chi connectivity index (χ2n) is 2.45. The zero-order valence-corrected chi connectivity index (χ0v) is 7.81. The average molecular weight is 216 g/mol. The Kier molecular flexibility index (Phi) is 3.05. The van der Waals surface area contributed by atoms with Crippen LogP contribution < -0.4 is 4.83 Å². The topological polar surface area (TPSA) is 92.5 Å². The molecule has 0 radical (unpaired) electrons. The number of nitrogens with one attached hydrogen (secondary N) is 1. The van der Waals surface area contributed by atoms with Crippen LogP contribution in [0.3, 0.4) is 0 Å². The van der Waals surface area contributed by atoms with Gasteiger partial charge in [0.2, 0.25) is 9.99 Å². The number of hydrogen-bond donors (Lipinski definition) is 2. The fourth-order valence-corrected chi connectivity index (χ4v) is 1.64. The highest BCUT2D eigenvalue weighted by molar-refractivity contribution is 7.94. The molecule has 0 amide bonds. The number of hydrazine groups is 1. The Labute approximate surface area is 80.7 Å². The molecular weight excluding hydrogens is 208 g/mol. The standard InChI is InChI=1S/C7H8N2O4S/c10-9(11)8-14(12,13)6-7-4-2-1-3-5-7/h1-6H,(H2,8,12,13). The quantitative estimate of drug-likeness (QED) is 0.431. The molecule has 0 aromatic heterocycles. The molecule has 1 aromatic carbocycles. The zero-order valence-electron chi connectivity index (χ0n) is 6.99. The normalized spacial score (nSPS) is 14.1. The van der Waals surface area contributed by atoms with Crippen molar-refractivity contribution in [1.82, 2.24) is 4.83 Å². The summed E-state index contributed by atoms with van der Waals surface area (Å²) in [6.07, 6.45) is 0. The van der Waals surface area contributed by atoms with E-state index in [1.807, 2.05) is 0 Å². The fraction of sp³-hybridized carbons (Fsp3) is 0. The Morgan fingerprint density at radius 3 is 2.50 bits per heavy atom. The van der Waals surface area contributed by atoms with E-state index in [-0.39, 0.29) is 0 Å². The van der Waals surface area contributed by atoms with Crippen molar-refractivity contribution < 1.29 is 13.8 Å². The summed E-state index contributed by atoms with van der Waals surface area (Å²) < 4.78 is 20.2. The molecule has 2 N–H and O–H groups in total. The highest BCUT2D eigenvalue weighted by atomic mass is 32.2. The monoisotopic (exact) mass is 216 g/mol. The summed E-state index contributed by atoms with van der Waals surface area (Å²) >= 11 is 0. The van der Waals surface area contributed by atoms with Gasteiger partial charge in [0.05, 0.1) is 0 Å². The first-order valence-electron chi connectivity index (χ1n) is 3.58. The summed E-state index contributed by atoms with van der Waals surface area (Å²) in [5.41, 5.74) is 0.439. The van der Waals surface area contributed by atoms with Crippen LogP contribution in [0.2, 0.25) is 0 Å². The van der Waals surface area contributed by atoms with E-state index in [9.17, 15) is 14.3 Å². The number of rotatable bonds is 3. The summed E-state index contributed by atoms with van der Waals surface area (Å²) in [4.78, 5) is 11.3. The van der Waals surface area contributed by atoms with Gasteiger partial charge >= 0.3 is 0 Å². The van der Waals surface area contributed by atoms with E-state index < -0.39 is 15.0 Å². The molecule has 0 aliphatic rings. The first-order valence-corrected chi connectivity index (χ1v) is 5.16. The molecule has 76 valence electrons. The number of hydrogen-bond acceptors (Lipinski definition) is 3. The van der Waals surface area contributed by atoms with E-state index >= 15 is 0 Å². The summed E-state index contributed by atoms with van der Waals surface area (Å²) in [5.74, 6) is 0. The SMILES string of the molecule is O=[N+]([O-])NS(=O)(O)=Cc1ccccc1. The van der Waals surface area contributed by atoms with E-state index in [0.717, 1.165) is 5.37 Å². The van der Waals surface area contributed by atoms with E-state index in [1.54, 1.807) is 30.3 Å². The van der Waals surface area contributed by atoms with Crippen LogP contribution in [-0.4, -0.2) is 19.2 Å². The second-order valence-corrected chi connectivity index (χ2v) is 4.00. The van der Waals surface area contributed by atoms with Gasteiger partial charge in [0.1, 0.15) is 0 Å². The summed E-state index contributed by atoms with van der Waals surface area (Å²) in [6, 6.07) is 8.19. The molecule has 14 heavy (non-hydrogen) atoms. The minimum absolute atomic E-state index is 0.439. The summed E-state index contributed by atoms with van der Waals surface area (Å²) in [5, 5.41) is 9.79. The minimum Gasteiger partial charge on any atom is -0.295 e. The van der Waals surface area contributed by atoms with Gasteiger partial charge in [-0.15, -0.1) is 0 Å². The molecule has 0 fully saturated rings. The van der Waals surface area contributed by atoms with Crippen LogP contribution >= 0.6 is 0 Å². The molecule has 7 heteroatoms. The summed E-state index contributed by atoms with van der Waals surface area (Å²) in [6.45, 7) is 0. The molecule has 1 atom stereocenters. The van der Waals surface area contributed by atoms with Crippen LogP contribution in [0.4, 0.5) is 0 Å². The van der Waals surface area contributed by atoms with Crippen LogP contribution in [0, 0.1) is 10.1 Å². The third kappa shape index (κ3) is 3.42. The minimum atomic E-state index is -3.76. The Hall–Kier alpha value is -1.60. The Bertz CT molecular complexity index is 436. The molecule has 1 aromatic rings. The highest BCUT2D eigenvalue weighted by Gasteiger charge is 2.06. The van der Waals surface area contributed by atoms with Crippen LogP contribution in [0.15, 0.2) is 30.3 Å². The molecule has 1 unspecified atom stereocenters. The zero-order chi connectivity index (χ0) is 10.6. The fourth-order valence-electron chi connectivity index (χ4n) is 0.849. The van der Waals surface area contributed by atoms with E-state index in [0.29, 0.717) is 5.56 Å². The second kappa shape index (κ2) is 4.07. The van der Waals surface area contributed by atoms with Crippen molar-refractivity contribution in [3.8, 4) is 0 Å². The lowest BCUT2D eigenvalue weighted by Gasteiger charge is -1.98. The van der Waals surface area contributed by atoms with Crippen molar-refractivity contribution in [3.05, 3.63) is 46.0 Å². The molecule has 0 aliphatic carbocycles. The van der Waals surface area contributed by atoms with E-state index in [4.69, 9.17) is 4.55 Å². The molecule has 0 spiro atoms. The first-order chi connectivity index (χ1) is 6.49. The summed E-state index contributed by atoms with van der Waals surface area (Å²) in [7, 11) is -3.76. The number of benzene rings is 1. The van der Waals surface area contributed by atoms with Gasteiger partial charge in [0.15, 0.2) is 5.03 Å². The lowest BCUT2D eigenvalue weighted by Crippen LogP contribution is -2.30. The van der Waals surface area contributed by atoms with Crippen LogP contribution in [0.25, 0.3) is 0 Å². The molecule has 1 rings (SSSR count). The molecule has 0 saturated carbocycles. The molecule has 0 bridgehead atoms. The maximum absolute atomic E-state index is 11.1. The third-order valence-electron chi connectivity index (χ3n) is 1.30. The molecule has 0 saturated heterocycles.